The molecule has 36 heavy (non-hydrogen) atoms. The summed E-state index contributed by atoms with van der Waals surface area (Å²) >= 11 is 0. The predicted molar refractivity (Wildman–Crippen MR) is 150 cm³/mol. The highest BCUT2D eigenvalue weighted by molar-refractivity contribution is 5.53. The highest BCUT2D eigenvalue weighted by Crippen LogP contribution is 2.25. The van der Waals surface area contributed by atoms with Crippen molar-refractivity contribution in [3.8, 4) is 0 Å². The third-order valence-electron chi connectivity index (χ3n) is 7.42. The van der Waals surface area contributed by atoms with Crippen molar-refractivity contribution < 1.29 is 4.39 Å². The molecule has 2 heterocycles. The van der Waals surface area contributed by atoms with Crippen LogP contribution in [-0.4, -0.2) is 47.5 Å². The lowest BCUT2D eigenvalue weighted by Gasteiger charge is -2.35. The number of hydrogen-bond donors (Lipinski definition) is 1. The number of aromatic nitrogens is 1. The summed E-state index contributed by atoms with van der Waals surface area (Å²) in [7, 11) is 4.10. The van der Waals surface area contributed by atoms with Crippen LogP contribution < -0.4 is 5.32 Å². The normalized spacial score (nSPS) is 17.1. The Morgan fingerprint density at radius 1 is 1.28 bits per heavy atom. The van der Waals surface area contributed by atoms with Gasteiger partial charge in [0.05, 0.1) is 11.9 Å². The zero-order chi connectivity index (χ0) is 25.9. The Morgan fingerprint density at radius 2 is 2.11 bits per heavy atom. The van der Waals surface area contributed by atoms with Gasteiger partial charge in [-0.05, 0) is 80.9 Å². The molecule has 0 amide bonds. The summed E-state index contributed by atoms with van der Waals surface area (Å²) < 4.78 is 13.3. The molecule has 1 aromatic heterocycles. The second kappa shape index (κ2) is 14.1. The van der Waals surface area contributed by atoms with Crippen LogP contribution in [0.1, 0.15) is 60.9 Å². The molecule has 1 aromatic carbocycles. The fourth-order valence-corrected chi connectivity index (χ4v) is 5.27. The molecule has 3 rings (SSSR count). The van der Waals surface area contributed by atoms with Gasteiger partial charge in [-0.15, -0.1) is 6.58 Å². The van der Waals surface area contributed by atoms with E-state index in [9.17, 15) is 4.39 Å². The van der Waals surface area contributed by atoms with Gasteiger partial charge in [0.1, 0.15) is 5.82 Å². The lowest BCUT2D eigenvalue weighted by atomic mass is 9.94. The van der Waals surface area contributed by atoms with Crippen LogP contribution in [0.25, 0.3) is 6.08 Å². The van der Waals surface area contributed by atoms with E-state index in [1.807, 2.05) is 25.3 Å². The maximum absolute atomic E-state index is 13.3. The van der Waals surface area contributed by atoms with Crippen LogP contribution in [-0.2, 0) is 19.5 Å². The van der Waals surface area contributed by atoms with Gasteiger partial charge < -0.3 is 5.32 Å². The van der Waals surface area contributed by atoms with Crippen LogP contribution in [0.3, 0.4) is 0 Å². The first-order valence-electron chi connectivity index (χ1n) is 13.2. The number of halogens is 1. The van der Waals surface area contributed by atoms with Gasteiger partial charge in [-0.2, -0.15) is 0 Å². The summed E-state index contributed by atoms with van der Waals surface area (Å²) in [6.45, 7) is 14.9. The number of aryl methyl sites for hydroxylation is 1. The number of nitrogens with zero attached hydrogens (tertiary/aromatic N) is 3. The third kappa shape index (κ3) is 7.87. The summed E-state index contributed by atoms with van der Waals surface area (Å²) in [6, 6.07) is 10.9. The number of rotatable bonds is 14. The van der Waals surface area contributed by atoms with E-state index in [1.165, 1.54) is 48.2 Å². The zero-order valence-electron chi connectivity index (χ0n) is 22.2. The summed E-state index contributed by atoms with van der Waals surface area (Å²) in [5.41, 5.74) is 5.82. The summed E-state index contributed by atoms with van der Waals surface area (Å²) in [4.78, 5) is 9.19. The monoisotopic (exact) mass is 490 g/mol. The van der Waals surface area contributed by atoms with E-state index in [-0.39, 0.29) is 11.9 Å². The molecular formula is C31H43FN4. The molecule has 4 nitrogen and oxygen atoms in total. The number of piperidine rings is 1. The summed E-state index contributed by atoms with van der Waals surface area (Å²) in [5.74, 6) is -0.277. The maximum atomic E-state index is 13.3. The highest BCUT2D eigenvalue weighted by atomic mass is 19.1. The van der Waals surface area contributed by atoms with Crippen molar-refractivity contribution in [2.24, 2.45) is 0 Å². The summed E-state index contributed by atoms with van der Waals surface area (Å²) in [6.07, 6.45) is 13.0. The van der Waals surface area contributed by atoms with Crippen LogP contribution in [0.15, 0.2) is 68.0 Å². The Balaban J connectivity index is 1.67. The van der Waals surface area contributed by atoms with E-state index in [0.29, 0.717) is 6.04 Å². The molecular weight excluding hydrogens is 447 g/mol. The average Bonchev–Trinajstić information content (AvgIpc) is 2.89. The molecule has 0 bridgehead atoms. The topological polar surface area (TPSA) is 31.4 Å². The number of likely N-dealkylation sites (tertiary alicyclic amines) is 1. The first-order valence-corrected chi connectivity index (χ1v) is 13.2. The number of hydrogen-bond acceptors (Lipinski definition) is 4. The minimum atomic E-state index is -0.277. The highest BCUT2D eigenvalue weighted by Gasteiger charge is 2.23. The van der Waals surface area contributed by atoms with Gasteiger partial charge in [0, 0.05) is 37.9 Å². The van der Waals surface area contributed by atoms with Gasteiger partial charge in [0.25, 0.3) is 0 Å². The molecule has 1 fully saturated rings. The minimum absolute atomic E-state index is 0.241. The predicted octanol–water partition coefficient (Wildman–Crippen LogP) is 6.35. The third-order valence-corrected chi connectivity index (χ3v) is 7.42. The van der Waals surface area contributed by atoms with Gasteiger partial charge in [-0.25, -0.2) is 4.39 Å². The Morgan fingerprint density at radius 3 is 2.81 bits per heavy atom. The van der Waals surface area contributed by atoms with E-state index < -0.39 is 0 Å². The Labute approximate surface area is 217 Å². The number of pyridine rings is 1. The summed E-state index contributed by atoms with van der Waals surface area (Å²) in [5, 5.41) is 3.24. The Kier molecular flexibility index (Phi) is 10.9. The van der Waals surface area contributed by atoms with Crippen LogP contribution in [0.4, 0.5) is 4.39 Å². The van der Waals surface area contributed by atoms with Crippen LogP contribution in [0, 0.1) is 5.82 Å². The van der Waals surface area contributed by atoms with Crippen molar-refractivity contribution in [3.63, 3.8) is 0 Å². The van der Waals surface area contributed by atoms with E-state index in [2.05, 4.69) is 65.1 Å². The largest absolute Gasteiger partial charge is 0.391 e. The molecule has 1 aliphatic heterocycles. The molecule has 0 spiro atoms. The molecule has 1 N–H and O–H groups in total. The smallest absolute Gasteiger partial charge is 0.141 e. The van der Waals surface area contributed by atoms with Gasteiger partial charge >= 0.3 is 0 Å². The molecule has 0 aliphatic carbocycles. The number of benzene rings is 1. The molecule has 2 aromatic rings. The molecule has 2 atom stereocenters. The van der Waals surface area contributed by atoms with E-state index in [4.69, 9.17) is 0 Å². The minimum Gasteiger partial charge on any atom is -0.391 e. The second-order valence-corrected chi connectivity index (χ2v) is 9.94. The Bertz CT molecular complexity index is 1000. The van der Waals surface area contributed by atoms with Crippen molar-refractivity contribution in [3.05, 3.63) is 96.2 Å². The van der Waals surface area contributed by atoms with Crippen LogP contribution >= 0.6 is 0 Å². The van der Waals surface area contributed by atoms with Crippen molar-refractivity contribution in [1.29, 1.82) is 0 Å². The average molecular weight is 491 g/mol. The van der Waals surface area contributed by atoms with Crippen LogP contribution in [0.5, 0.6) is 0 Å². The Hall–Kier alpha value is -2.76. The maximum Gasteiger partial charge on any atom is 0.141 e. The van der Waals surface area contributed by atoms with Crippen molar-refractivity contribution in [2.75, 3.05) is 20.6 Å². The van der Waals surface area contributed by atoms with Crippen molar-refractivity contribution >= 4 is 6.08 Å². The van der Waals surface area contributed by atoms with E-state index >= 15 is 0 Å². The van der Waals surface area contributed by atoms with Crippen molar-refractivity contribution in [1.82, 2.24) is 20.1 Å². The standard InChI is InChI=1S/C31H43FN4/c1-6-8-12-31(24(3)33-4)35(5)22-27-20-25(13-15-26(27)7-2)14-18-30-11-9-10-19-36(30)23-29-17-16-28(32)21-34-29/h6-7,13,15-17,20-21,30-31,33H,1-3,8-12,14,18-19,22-23H2,4-5H3. The lowest BCUT2D eigenvalue weighted by Crippen LogP contribution is -2.39. The van der Waals surface area contributed by atoms with E-state index in [1.54, 1.807) is 0 Å². The van der Waals surface area contributed by atoms with Gasteiger partial charge in [-0.1, -0.05) is 49.9 Å². The molecule has 5 heteroatoms. The molecule has 0 saturated carbocycles. The fraction of sp³-hybridized carbons (Fsp3) is 0.452. The molecule has 1 saturated heterocycles. The second-order valence-electron chi connectivity index (χ2n) is 9.94. The van der Waals surface area contributed by atoms with Crippen molar-refractivity contribution in [2.45, 2.75) is 70.1 Å². The van der Waals surface area contributed by atoms with Gasteiger partial charge in [-0.3, -0.25) is 14.8 Å². The van der Waals surface area contributed by atoms with Gasteiger partial charge in [0.15, 0.2) is 0 Å². The quantitative estimate of drug-likeness (QED) is 0.313. The molecule has 2 unspecified atom stereocenters. The number of likely N-dealkylation sites (N-methyl/N-ethyl adjacent to an activating group) is 2. The first-order chi connectivity index (χ1) is 17.4. The van der Waals surface area contributed by atoms with E-state index in [0.717, 1.165) is 56.7 Å². The van der Waals surface area contributed by atoms with Crippen LogP contribution in [0.2, 0.25) is 0 Å². The molecule has 0 radical (unpaired) electrons. The fourth-order valence-electron chi connectivity index (χ4n) is 5.27. The molecule has 194 valence electrons. The number of allylic oxidation sites excluding steroid dienone is 1. The zero-order valence-corrected chi connectivity index (χ0v) is 22.2. The molecule has 1 aliphatic rings. The van der Waals surface area contributed by atoms with Gasteiger partial charge in [0.2, 0.25) is 0 Å². The first kappa shape index (κ1) is 27.8. The number of nitrogens with one attached hydrogen (secondary N) is 1. The lowest BCUT2D eigenvalue weighted by molar-refractivity contribution is 0.131. The SMILES string of the molecule is C=CCCC(C(=C)NC)N(C)Cc1cc(CCC2CCCCN2Cc2ccc(F)cn2)ccc1C=C.